The van der Waals surface area contributed by atoms with Crippen molar-refractivity contribution >= 4 is 15.9 Å². The minimum Gasteiger partial charge on any atom is -0.491 e. The van der Waals surface area contributed by atoms with Gasteiger partial charge >= 0.3 is 0 Å². The normalized spacial score (nSPS) is 25.8. The smallest absolute Gasteiger partial charge is 0.120 e. The lowest BCUT2D eigenvalue weighted by Crippen LogP contribution is -3.15. The highest BCUT2D eigenvalue weighted by Gasteiger charge is 2.24. The van der Waals surface area contributed by atoms with Crippen molar-refractivity contribution in [1.82, 2.24) is 0 Å². The molecule has 1 aliphatic rings. The van der Waals surface area contributed by atoms with Gasteiger partial charge in [0.05, 0.1) is 13.2 Å². The van der Waals surface area contributed by atoms with E-state index in [9.17, 15) is 0 Å². The van der Waals surface area contributed by atoms with Crippen molar-refractivity contribution < 1.29 is 19.1 Å². The van der Waals surface area contributed by atoms with Gasteiger partial charge in [0.1, 0.15) is 44.2 Å². The number of rotatable bonds is 7. The van der Waals surface area contributed by atoms with Crippen LogP contribution in [0.25, 0.3) is 0 Å². The Bertz CT molecular complexity index is 420. The lowest BCUT2D eigenvalue weighted by Gasteiger charge is -2.32. The van der Waals surface area contributed by atoms with E-state index in [0.717, 1.165) is 36.5 Å². The summed E-state index contributed by atoms with van der Waals surface area (Å²) in [5.74, 6) is 0.870. The largest absolute Gasteiger partial charge is 0.491 e. The summed E-state index contributed by atoms with van der Waals surface area (Å²) in [6.45, 7) is 9.45. The molecule has 1 aromatic rings. The Morgan fingerprint density at radius 2 is 1.95 bits per heavy atom. The molecule has 0 unspecified atom stereocenters. The number of benzene rings is 1. The molecule has 1 saturated heterocycles. The molecular weight excluding hydrogens is 334 g/mol. The molecule has 4 nitrogen and oxygen atoms in total. The Morgan fingerprint density at radius 1 is 1.19 bits per heavy atom. The van der Waals surface area contributed by atoms with E-state index in [1.54, 1.807) is 4.90 Å². The van der Waals surface area contributed by atoms with Crippen LogP contribution in [0.2, 0.25) is 0 Å². The van der Waals surface area contributed by atoms with Crippen molar-refractivity contribution in [2.24, 2.45) is 0 Å². The van der Waals surface area contributed by atoms with E-state index in [1.165, 1.54) is 0 Å². The molecule has 1 fully saturated rings. The number of nitrogens with one attached hydrogen (secondary N) is 1. The highest BCUT2D eigenvalue weighted by molar-refractivity contribution is 9.10. The summed E-state index contributed by atoms with van der Waals surface area (Å²) >= 11 is 3.43. The zero-order valence-corrected chi connectivity index (χ0v) is 14.4. The van der Waals surface area contributed by atoms with Crippen LogP contribution in [0.3, 0.4) is 0 Å². The van der Waals surface area contributed by atoms with Crippen LogP contribution in [0.5, 0.6) is 5.75 Å². The van der Waals surface area contributed by atoms with E-state index in [1.807, 2.05) is 24.3 Å². The average molecular weight is 359 g/mol. The maximum absolute atomic E-state index is 5.73. The predicted octanol–water partition coefficient (Wildman–Crippen LogP) is 1.54. The van der Waals surface area contributed by atoms with Gasteiger partial charge in [-0.25, -0.2) is 0 Å². The quantitative estimate of drug-likeness (QED) is 0.750. The Hall–Kier alpha value is -0.620. The zero-order chi connectivity index (χ0) is 15.1. The number of morpholine rings is 1. The predicted molar refractivity (Wildman–Crippen MR) is 86.0 cm³/mol. The number of hydrogen-bond donors (Lipinski definition) is 1. The van der Waals surface area contributed by atoms with Crippen LogP contribution in [0.1, 0.15) is 13.8 Å². The van der Waals surface area contributed by atoms with Gasteiger partial charge in [-0.2, -0.15) is 0 Å². The van der Waals surface area contributed by atoms with Gasteiger partial charge in [0, 0.05) is 4.47 Å². The molecule has 1 aliphatic heterocycles. The van der Waals surface area contributed by atoms with Crippen molar-refractivity contribution in [2.45, 2.75) is 26.1 Å². The van der Waals surface area contributed by atoms with Crippen LogP contribution in [0.4, 0.5) is 0 Å². The maximum Gasteiger partial charge on any atom is 0.120 e. The van der Waals surface area contributed by atoms with E-state index >= 15 is 0 Å². The van der Waals surface area contributed by atoms with Crippen LogP contribution in [0, 0.1) is 0 Å². The number of quaternary nitrogens is 1. The fourth-order valence-electron chi connectivity index (χ4n) is 2.69. The molecule has 0 bridgehead atoms. The molecule has 0 saturated carbocycles. The standard InChI is InChI=1S/C16H24BrNO3/c1-13-11-18(12-14(2)21-13)6-7-19-8-9-20-16-5-3-4-15(17)10-16/h3-5,10,13-14H,6-9,11-12H2,1-2H3/p+1/t13-,14-/m1/s1. The molecule has 5 heteroatoms. The van der Waals surface area contributed by atoms with Crippen LogP contribution in [-0.4, -0.2) is 51.7 Å². The molecule has 21 heavy (non-hydrogen) atoms. The van der Waals surface area contributed by atoms with E-state index in [2.05, 4.69) is 29.8 Å². The maximum atomic E-state index is 5.73. The minimum absolute atomic E-state index is 0.351. The van der Waals surface area contributed by atoms with Crippen LogP contribution >= 0.6 is 15.9 Å². The fraction of sp³-hybridized carbons (Fsp3) is 0.625. The third-order valence-corrected chi connectivity index (χ3v) is 4.00. The third kappa shape index (κ3) is 6.34. The third-order valence-electron chi connectivity index (χ3n) is 3.51. The van der Waals surface area contributed by atoms with Crippen molar-refractivity contribution in [3.63, 3.8) is 0 Å². The first-order valence-electron chi connectivity index (χ1n) is 7.58. The summed E-state index contributed by atoms with van der Waals surface area (Å²) in [6.07, 6.45) is 0.701. The molecule has 0 spiro atoms. The van der Waals surface area contributed by atoms with E-state index < -0.39 is 0 Å². The summed E-state index contributed by atoms with van der Waals surface area (Å²) in [5, 5.41) is 0. The Morgan fingerprint density at radius 3 is 2.67 bits per heavy atom. The highest BCUT2D eigenvalue weighted by atomic mass is 79.9. The van der Waals surface area contributed by atoms with Gasteiger partial charge in [0.2, 0.25) is 0 Å². The second-order valence-electron chi connectivity index (χ2n) is 5.58. The van der Waals surface area contributed by atoms with Gasteiger partial charge in [-0.3, -0.25) is 0 Å². The van der Waals surface area contributed by atoms with Crippen molar-refractivity contribution in [3.05, 3.63) is 28.7 Å². The fourth-order valence-corrected chi connectivity index (χ4v) is 3.07. The SMILES string of the molecule is C[C@@H]1C[NH+](CCOCCOc2cccc(Br)c2)C[C@@H](C)O1. The zero-order valence-electron chi connectivity index (χ0n) is 12.8. The second-order valence-corrected chi connectivity index (χ2v) is 6.50. The van der Waals surface area contributed by atoms with E-state index in [0.29, 0.717) is 25.4 Å². The molecule has 0 aromatic heterocycles. The molecule has 2 rings (SSSR count). The summed E-state index contributed by atoms with van der Waals surface area (Å²) in [6, 6.07) is 7.85. The van der Waals surface area contributed by atoms with Crippen LogP contribution in [0.15, 0.2) is 28.7 Å². The molecule has 1 heterocycles. The van der Waals surface area contributed by atoms with Crippen molar-refractivity contribution in [3.8, 4) is 5.75 Å². The molecule has 0 aliphatic carbocycles. The minimum atomic E-state index is 0.351. The van der Waals surface area contributed by atoms with Gasteiger partial charge in [0.15, 0.2) is 0 Å². The number of hydrogen-bond acceptors (Lipinski definition) is 3. The lowest BCUT2D eigenvalue weighted by atomic mass is 10.2. The van der Waals surface area contributed by atoms with Crippen LogP contribution < -0.4 is 9.64 Å². The highest BCUT2D eigenvalue weighted by Crippen LogP contribution is 2.17. The van der Waals surface area contributed by atoms with E-state index in [4.69, 9.17) is 14.2 Å². The molecule has 0 radical (unpaired) electrons. The van der Waals surface area contributed by atoms with E-state index in [-0.39, 0.29) is 0 Å². The first-order valence-corrected chi connectivity index (χ1v) is 8.38. The molecule has 118 valence electrons. The Kier molecular flexibility index (Phi) is 6.96. The molecule has 1 aromatic carbocycles. The van der Waals surface area contributed by atoms with Gasteiger partial charge in [-0.05, 0) is 32.0 Å². The van der Waals surface area contributed by atoms with Crippen molar-refractivity contribution in [1.29, 1.82) is 0 Å². The van der Waals surface area contributed by atoms with Crippen molar-refractivity contribution in [2.75, 3.05) is 39.5 Å². The topological polar surface area (TPSA) is 32.1 Å². The molecule has 2 atom stereocenters. The Balaban J connectivity index is 1.54. The summed E-state index contributed by atoms with van der Waals surface area (Å²) in [5.41, 5.74) is 0. The Labute approximate surface area is 135 Å². The monoisotopic (exact) mass is 358 g/mol. The molecule has 1 N–H and O–H groups in total. The second kappa shape index (κ2) is 8.73. The van der Waals surface area contributed by atoms with Gasteiger partial charge in [-0.1, -0.05) is 22.0 Å². The summed E-state index contributed by atoms with van der Waals surface area (Å²) < 4.78 is 18.1. The first-order chi connectivity index (χ1) is 10.1. The first kappa shape index (κ1) is 16.7. The summed E-state index contributed by atoms with van der Waals surface area (Å²) in [7, 11) is 0. The number of ether oxygens (including phenoxy) is 3. The average Bonchev–Trinajstić information content (AvgIpc) is 2.42. The number of halogens is 1. The van der Waals surface area contributed by atoms with Gasteiger partial charge < -0.3 is 19.1 Å². The van der Waals surface area contributed by atoms with Crippen LogP contribution in [-0.2, 0) is 9.47 Å². The molecular formula is C16H25BrNO3+. The summed E-state index contributed by atoms with van der Waals surface area (Å²) in [4.78, 5) is 1.56. The van der Waals surface area contributed by atoms with Gasteiger partial charge in [0.25, 0.3) is 0 Å². The molecule has 0 amide bonds. The van der Waals surface area contributed by atoms with Gasteiger partial charge in [-0.15, -0.1) is 0 Å². The lowest BCUT2D eigenvalue weighted by molar-refractivity contribution is -0.915.